The predicted molar refractivity (Wildman–Crippen MR) is 132 cm³/mol. The third kappa shape index (κ3) is 6.47. The smallest absolute Gasteiger partial charge is 0.419 e. The van der Waals surface area contributed by atoms with Gasteiger partial charge >= 0.3 is 6.11 Å². The van der Waals surface area contributed by atoms with Gasteiger partial charge < -0.3 is 4.74 Å². The van der Waals surface area contributed by atoms with Crippen molar-refractivity contribution in [2.75, 3.05) is 0 Å². The Morgan fingerprint density at radius 3 is 1.79 bits per heavy atom. The second-order valence-electron chi connectivity index (χ2n) is 8.69. The summed E-state index contributed by atoms with van der Waals surface area (Å²) < 4.78 is 116. The molecule has 0 atom stereocenters. The summed E-state index contributed by atoms with van der Waals surface area (Å²) in [5.41, 5.74) is 1.30. The highest BCUT2D eigenvalue weighted by atomic mass is 19.3. The quantitative estimate of drug-likeness (QED) is 0.157. The summed E-state index contributed by atoms with van der Waals surface area (Å²) >= 11 is 0. The number of ether oxygens (including phenoxy) is 1. The van der Waals surface area contributed by atoms with Crippen molar-refractivity contribution in [1.29, 1.82) is 0 Å². The lowest BCUT2D eigenvalue weighted by Gasteiger charge is -2.15. The van der Waals surface area contributed by atoms with Gasteiger partial charge in [0.25, 0.3) is 0 Å². The van der Waals surface area contributed by atoms with Crippen LogP contribution in [0, 0.1) is 34.9 Å². The van der Waals surface area contributed by atoms with Crippen LogP contribution in [0.25, 0.3) is 28.3 Å². The Morgan fingerprint density at radius 1 is 0.667 bits per heavy atom. The SMILES string of the molecule is CCCc1ccc(-c2ccc(-c3cc(F)c(/C=C/C(F)(F)Oc4cc(F)c(F)c(F)c4)c(F)c3)c(F)c2)cc1. The molecule has 39 heavy (non-hydrogen) atoms. The van der Waals surface area contributed by atoms with Crippen LogP contribution < -0.4 is 4.74 Å². The first kappa shape index (κ1) is 27.9. The van der Waals surface area contributed by atoms with Crippen LogP contribution in [0.5, 0.6) is 5.75 Å². The van der Waals surface area contributed by atoms with Crippen LogP contribution >= 0.6 is 0 Å². The molecule has 0 bridgehead atoms. The van der Waals surface area contributed by atoms with Gasteiger partial charge in [0.15, 0.2) is 17.5 Å². The molecule has 0 spiro atoms. The molecular weight excluding hydrogens is 528 g/mol. The molecule has 0 saturated heterocycles. The Bertz CT molecular complexity index is 1480. The van der Waals surface area contributed by atoms with E-state index in [9.17, 15) is 35.1 Å². The molecule has 0 radical (unpaired) electrons. The van der Waals surface area contributed by atoms with Crippen LogP contribution in [0.1, 0.15) is 24.5 Å². The van der Waals surface area contributed by atoms with Gasteiger partial charge in [0.05, 0.1) is 0 Å². The normalized spacial score (nSPS) is 11.8. The maximum absolute atomic E-state index is 14.9. The first-order valence-corrected chi connectivity index (χ1v) is 11.8. The van der Waals surface area contributed by atoms with Crippen molar-refractivity contribution in [3.63, 3.8) is 0 Å². The fourth-order valence-electron chi connectivity index (χ4n) is 3.94. The molecule has 0 aliphatic heterocycles. The number of rotatable bonds is 8. The number of halogens is 8. The summed E-state index contributed by atoms with van der Waals surface area (Å²) in [5, 5.41) is 0. The highest BCUT2D eigenvalue weighted by molar-refractivity contribution is 5.72. The Morgan fingerprint density at radius 2 is 1.23 bits per heavy atom. The van der Waals surface area contributed by atoms with E-state index in [4.69, 9.17) is 0 Å². The fraction of sp³-hybridized carbons (Fsp3) is 0.133. The Balaban J connectivity index is 1.55. The molecule has 4 rings (SSSR count). The molecule has 0 fully saturated rings. The lowest BCUT2D eigenvalue weighted by atomic mass is 9.97. The Labute approximate surface area is 219 Å². The van der Waals surface area contributed by atoms with Gasteiger partial charge in [-0.3, -0.25) is 0 Å². The average molecular weight is 548 g/mol. The molecule has 1 nitrogen and oxygen atoms in total. The van der Waals surface area contributed by atoms with E-state index in [0.717, 1.165) is 36.1 Å². The standard InChI is InChI=1S/C30H20F8O/c1-2-3-17-4-6-18(7-5-17)19-8-9-22(24(31)12-19)20-13-25(32)23(26(33)14-20)10-11-30(37,38)39-21-15-27(34)29(36)28(35)16-21/h4-16H,2-3H2,1H3/b11-10+. The third-order valence-electron chi connectivity index (χ3n) is 5.84. The number of alkyl halides is 2. The van der Waals surface area contributed by atoms with E-state index >= 15 is 0 Å². The first-order chi connectivity index (χ1) is 18.5. The predicted octanol–water partition coefficient (Wildman–Crippen LogP) is 9.49. The summed E-state index contributed by atoms with van der Waals surface area (Å²) in [6.07, 6.45) is -2.06. The number of hydrogen-bond donors (Lipinski definition) is 0. The number of benzene rings is 4. The van der Waals surface area contributed by atoms with Crippen LogP contribution in [0.4, 0.5) is 35.1 Å². The van der Waals surface area contributed by atoms with Crippen molar-refractivity contribution in [3.05, 3.63) is 119 Å². The van der Waals surface area contributed by atoms with E-state index in [1.165, 1.54) is 12.1 Å². The van der Waals surface area contributed by atoms with E-state index in [1.807, 2.05) is 24.3 Å². The van der Waals surface area contributed by atoms with Gasteiger partial charge in [-0.25, -0.2) is 26.3 Å². The van der Waals surface area contributed by atoms with Crippen LogP contribution in [-0.4, -0.2) is 6.11 Å². The topological polar surface area (TPSA) is 9.23 Å². The van der Waals surface area contributed by atoms with Gasteiger partial charge in [-0.2, -0.15) is 8.78 Å². The van der Waals surface area contributed by atoms with Crippen LogP contribution in [-0.2, 0) is 6.42 Å². The number of hydrogen-bond acceptors (Lipinski definition) is 1. The fourth-order valence-corrected chi connectivity index (χ4v) is 3.94. The zero-order chi connectivity index (χ0) is 28.3. The minimum absolute atomic E-state index is 0.0471. The number of aryl methyl sites for hydroxylation is 1. The molecule has 202 valence electrons. The van der Waals surface area contributed by atoms with E-state index in [1.54, 1.807) is 6.07 Å². The molecule has 4 aromatic rings. The van der Waals surface area contributed by atoms with Crippen molar-refractivity contribution in [3.8, 4) is 28.0 Å². The van der Waals surface area contributed by atoms with Gasteiger partial charge in [0.1, 0.15) is 23.2 Å². The molecule has 0 aliphatic carbocycles. The van der Waals surface area contributed by atoms with E-state index in [-0.39, 0.29) is 29.3 Å². The van der Waals surface area contributed by atoms with Gasteiger partial charge in [-0.1, -0.05) is 49.7 Å². The van der Waals surface area contributed by atoms with Gasteiger partial charge in [0.2, 0.25) is 0 Å². The first-order valence-electron chi connectivity index (χ1n) is 11.8. The molecule has 0 heterocycles. The highest BCUT2D eigenvalue weighted by Crippen LogP contribution is 2.32. The molecular formula is C30H20F8O. The Hall–Kier alpha value is -4.14. The van der Waals surface area contributed by atoms with Crippen LogP contribution in [0.2, 0.25) is 0 Å². The molecule has 0 amide bonds. The molecule has 4 aromatic carbocycles. The zero-order valence-corrected chi connectivity index (χ0v) is 20.4. The van der Waals surface area contributed by atoms with E-state index in [2.05, 4.69) is 11.7 Å². The van der Waals surface area contributed by atoms with Crippen molar-refractivity contribution in [2.45, 2.75) is 25.9 Å². The van der Waals surface area contributed by atoms with Gasteiger partial charge in [0, 0.05) is 29.3 Å². The minimum Gasteiger partial charge on any atom is -0.429 e. The molecule has 0 aromatic heterocycles. The summed E-state index contributed by atoms with van der Waals surface area (Å²) in [5.74, 6) is -9.74. The molecule has 0 aliphatic rings. The highest BCUT2D eigenvalue weighted by Gasteiger charge is 2.29. The third-order valence-corrected chi connectivity index (χ3v) is 5.84. The van der Waals surface area contributed by atoms with Crippen LogP contribution in [0.15, 0.2) is 72.8 Å². The average Bonchev–Trinajstić information content (AvgIpc) is 2.87. The lowest BCUT2D eigenvalue weighted by molar-refractivity contribution is -0.131. The van der Waals surface area contributed by atoms with Crippen molar-refractivity contribution < 1.29 is 39.9 Å². The zero-order valence-electron chi connectivity index (χ0n) is 20.4. The van der Waals surface area contributed by atoms with E-state index < -0.39 is 52.3 Å². The minimum atomic E-state index is -4.27. The summed E-state index contributed by atoms with van der Waals surface area (Å²) in [4.78, 5) is 0. The van der Waals surface area contributed by atoms with Gasteiger partial charge in [-0.15, -0.1) is 0 Å². The van der Waals surface area contributed by atoms with Crippen molar-refractivity contribution in [2.24, 2.45) is 0 Å². The van der Waals surface area contributed by atoms with Crippen molar-refractivity contribution in [1.82, 2.24) is 0 Å². The lowest BCUT2D eigenvalue weighted by Crippen LogP contribution is -2.21. The summed E-state index contributed by atoms with van der Waals surface area (Å²) in [6, 6.07) is 13.7. The molecule has 0 N–H and O–H groups in total. The molecule has 9 heteroatoms. The maximum Gasteiger partial charge on any atom is 0.419 e. The summed E-state index contributed by atoms with van der Waals surface area (Å²) in [6.45, 7) is 2.06. The largest absolute Gasteiger partial charge is 0.429 e. The van der Waals surface area contributed by atoms with E-state index in [0.29, 0.717) is 11.6 Å². The monoisotopic (exact) mass is 548 g/mol. The summed E-state index contributed by atoms with van der Waals surface area (Å²) in [7, 11) is 0. The Kier molecular flexibility index (Phi) is 8.09. The van der Waals surface area contributed by atoms with Crippen LogP contribution in [0.3, 0.4) is 0 Å². The second kappa shape index (κ2) is 11.3. The second-order valence-corrected chi connectivity index (χ2v) is 8.69. The van der Waals surface area contributed by atoms with Gasteiger partial charge in [-0.05, 0) is 52.9 Å². The maximum atomic E-state index is 14.9. The molecule has 0 saturated carbocycles. The molecule has 0 unspecified atom stereocenters. The van der Waals surface area contributed by atoms with Crippen molar-refractivity contribution >= 4 is 6.08 Å².